The molecule has 0 aromatic heterocycles. The van der Waals surface area contributed by atoms with E-state index in [9.17, 15) is 9.00 Å². The molecule has 1 rings (SSSR count). The van der Waals surface area contributed by atoms with Crippen molar-refractivity contribution in [3.05, 3.63) is 35.4 Å². The van der Waals surface area contributed by atoms with Crippen molar-refractivity contribution >= 4 is 16.7 Å². The number of benzene rings is 1. The van der Waals surface area contributed by atoms with Gasteiger partial charge < -0.3 is 11.1 Å². The number of nitrogens with one attached hydrogen (secondary N) is 1. The number of carbonyl (C=O) groups excluding carboxylic acids is 1. The first-order chi connectivity index (χ1) is 8.13. The Labute approximate surface area is 104 Å². The zero-order chi connectivity index (χ0) is 12.7. The van der Waals surface area contributed by atoms with Crippen molar-refractivity contribution in [3.8, 4) is 0 Å². The largest absolute Gasteiger partial charge is 0.351 e. The highest BCUT2D eigenvalue weighted by Crippen LogP contribution is 2.05. The summed E-state index contributed by atoms with van der Waals surface area (Å²) in [6.07, 6.45) is 2.38. The Morgan fingerprint density at radius 1 is 1.47 bits per heavy atom. The van der Waals surface area contributed by atoms with Gasteiger partial charge in [-0.1, -0.05) is 12.1 Å². The Bertz CT molecular complexity index is 407. The lowest BCUT2D eigenvalue weighted by molar-refractivity contribution is 0.0956. The summed E-state index contributed by atoms with van der Waals surface area (Å²) in [5.41, 5.74) is 7.14. The molecule has 1 aromatic rings. The van der Waals surface area contributed by atoms with Crippen LogP contribution in [0.3, 0.4) is 0 Å². The molecule has 1 amide bonds. The Balaban J connectivity index is 2.56. The van der Waals surface area contributed by atoms with E-state index in [2.05, 4.69) is 5.32 Å². The molecule has 94 valence electrons. The SMILES string of the molecule is CS(=O)CCNC(=O)c1cccc(CCN)c1. The molecule has 0 heterocycles. The van der Waals surface area contributed by atoms with Gasteiger partial charge >= 0.3 is 0 Å². The number of nitrogens with two attached hydrogens (primary N) is 1. The van der Waals surface area contributed by atoms with Crippen molar-refractivity contribution < 1.29 is 9.00 Å². The second-order valence-electron chi connectivity index (χ2n) is 3.77. The molecule has 1 atom stereocenters. The summed E-state index contributed by atoms with van der Waals surface area (Å²) in [4.78, 5) is 11.7. The highest BCUT2D eigenvalue weighted by molar-refractivity contribution is 7.84. The fraction of sp³-hybridized carbons (Fsp3) is 0.417. The maximum Gasteiger partial charge on any atom is 0.251 e. The molecule has 0 saturated heterocycles. The van der Waals surface area contributed by atoms with Crippen molar-refractivity contribution in [2.75, 3.05) is 25.1 Å². The van der Waals surface area contributed by atoms with Crippen molar-refractivity contribution in [3.63, 3.8) is 0 Å². The van der Waals surface area contributed by atoms with Crippen LogP contribution < -0.4 is 11.1 Å². The van der Waals surface area contributed by atoms with E-state index >= 15 is 0 Å². The lowest BCUT2D eigenvalue weighted by Crippen LogP contribution is -2.27. The van der Waals surface area contributed by atoms with Crippen LogP contribution >= 0.6 is 0 Å². The fourth-order valence-corrected chi connectivity index (χ4v) is 1.83. The molecule has 0 bridgehead atoms. The van der Waals surface area contributed by atoms with Crippen molar-refractivity contribution in [1.82, 2.24) is 5.32 Å². The third kappa shape index (κ3) is 5.10. The minimum absolute atomic E-state index is 0.130. The summed E-state index contributed by atoms with van der Waals surface area (Å²) >= 11 is 0. The average molecular weight is 254 g/mol. The van der Waals surface area contributed by atoms with Gasteiger partial charge in [-0.3, -0.25) is 9.00 Å². The average Bonchev–Trinajstić information content (AvgIpc) is 2.29. The zero-order valence-corrected chi connectivity index (χ0v) is 10.8. The summed E-state index contributed by atoms with van der Waals surface area (Å²) in [6.45, 7) is 1.00. The van der Waals surface area contributed by atoms with Crippen LogP contribution in [0.15, 0.2) is 24.3 Å². The summed E-state index contributed by atoms with van der Waals surface area (Å²) in [7, 11) is -0.877. The van der Waals surface area contributed by atoms with Crippen LogP contribution in [0.2, 0.25) is 0 Å². The third-order valence-corrected chi connectivity index (χ3v) is 3.08. The lowest BCUT2D eigenvalue weighted by atomic mass is 10.1. The van der Waals surface area contributed by atoms with Crippen LogP contribution in [0.4, 0.5) is 0 Å². The van der Waals surface area contributed by atoms with Crippen LogP contribution in [0.1, 0.15) is 15.9 Å². The highest BCUT2D eigenvalue weighted by Gasteiger charge is 2.05. The predicted molar refractivity (Wildman–Crippen MR) is 70.5 cm³/mol. The van der Waals surface area contributed by atoms with E-state index in [4.69, 9.17) is 5.73 Å². The molecule has 0 aliphatic rings. The molecule has 0 aliphatic heterocycles. The third-order valence-electron chi connectivity index (χ3n) is 2.30. The van der Waals surface area contributed by atoms with Crippen molar-refractivity contribution in [2.45, 2.75) is 6.42 Å². The van der Waals surface area contributed by atoms with E-state index < -0.39 is 10.8 Å². The van der Waals surface area contributed by atoms with Gasteiger partial charge in [0, 0.05) is 34.9 Å². The molecule has 4 nitrogen and oxygen atoms in total. The quantitative estimate of drug-likeness (QED) is 0.766. The number of carbonyl (C=O) groups is 1. The molecule has 1 aromatic carbocycles. The number of hydrogen-bond donors (Lipinski definition) is 2. The molecule has 17 heavy (non-hydrogen) atoms. The first-order valence-corrected chi connectivity index (χ1v) is 7.23. The Kier molecular flexibility index (Phi) is 5.86. The zero-order valence-electron chi connectivity index (χ0n) is 9.94. The molecule has 3 N–H and O–H groups in total. The van der Waals surface area contributed by atoms with E-state index in [1.165, 1.54) is 0 Å². The molecule has 1 unspecified atom stereocenters. The summed E-state index contributed by atoms with van der Waals surface area (Å²) in [5, 5.41) is 2.74. The first-order valence-electron chi connectivity index (χ1n) is 5.50. The second kappa shape index (κ2) is 7.19. The van der Waals surface area contributed by atoms with Gasteiger partial charge in [0.15, 0.2) is 0 Å². The van der Waals surface area contributed by atoms with E-state index in [1.54, 1.807) is 12.3 Å². The van der Waals surface area contributed by atoms with Crippen molar-refractivity contribution in [1.29, 1.82) is 0 Å². The van der Waals surface area contributed by atoms with Crippen LogP contribution in [-0.4, -0.2) is 35.2 Å². The molecule has 0 saturated carbocycles. The van der Waals surface area contributed by atoms with Gasteiger partial charge in [0.2, 0.25) is 0 Å². The number of amides is 1. The van der Waals surface area contributed by atoms with Gasteiger partial charge in [0.25, 0.3) is 5.91 Å². The van der Waals surface area contributed by atoms with Crippen LogP contribution in [0.5, 0.6) is 0 Å². The molecule has 0 aliphatic carbocycles. The van der Waals surface area contributed by atoms with Gasteiger partial charge in [-0.2, -0.15) is 0 Å². The fourth-order valence-electron chi connectivity index (χ4n) is 1.45. The van der Waals surface area contributed by atoms with Gasteiger partial charge in [0.05, 0.1) is 0 Å². The maximum atomic E-state index is 11.7. The minimum Gasteiger partial charge on any atom is -0.351 e. The van der Waals surface area contributed by atoms with Crippen molar-refractivity contribution in [2.24, 2.45) is 5.73 Å². The minimum atomic E-state index is -0.877. The number of hydrogen-bond acceptors (Lipinski definition) is 3. The Hall–Kier alpha value is -1.20. The molecule has 0 fully saturated rings. The first kappa shape index (κ1) is 13.9. The Morgan fingerprint density at radius 2 is 2.24 bits per heavy atom. The molecular formula is C12H18N2O2S. The van der Waals surface area contributed by atoms with E-state index in [0.29, 0.717) is 24.4 Å². The normalized spacial score (nSPS) is 12.1. The van der Waals surface area contributed by atoms with Crippen LogP contribution in [0, 0.1) is 0 Å². The monoisotopic (exact) mass is 254 g/mol. The van der Waals surface area contributed by atoms with Crippen LogP contribution in [0.25, 0.3) is 0 Å². The smallest absolute Gasteiger partial charge is 0.251 e. The molecule has 5 heteroatoms. The summed E-state index contributed by atoms with van der Waals surface area (Å²) < 4.78 is 10.8. The topological polar surface area (TPSA) is 72.2 Å². The lowest BCUT2D eigenvalue weighted by Gasteiger charge is -2.05. The Morgan fingerprint density at radius 3 is 2.88 bits per heavy atom. The molecular weight excluding hydrogens is 236 g/mol. The standard InChI is InChI=1S/C12H18N2O2S/c1-17(16)8-7-14-12(15)11-4-2-3-10(9-11)5-6-13/h2-4,9H,5-8,13H2,1H3,(H,14,15). The van der Waals surface area contributed by atoms with E-state index in [1.807, 2.05) is 18.2 Å². The predicted octanol–water partition coefficient (Wildman–Crippen LogP) is 0.296. The van der Waals surface area contributed by atoms with Gasteiger partial charge in [-0.05, 0) is 30.7 Å². The molecule has 0 spiro atoms. The molecule has 0 radical (unpaired) electrons. The van der Waals surface area contributed by atoms with Crippen LogP contribution in [-0.2, 0) is 17.2 Å². The highest BCUT2D eigenvalue weighted by atomic mass is 32.2. The van der Waals surface area contributed by atoms with E-state index in [-0.39, 0.29) is 5.91 Å². The van der Waals surface area contributed by atoms with E-state index in [0.717, 1.165) is 12.0 Å². The number of rotatable bonds is 6. The van der Waals surface area contributed by atoms with Gasteiger partial charge in [-0.15, -0.1) is 0 Å². The second-order valence-corrected chi connectivity index (χ2v) is 5.33. The maximum absolute atomic E-state index is 11.7. The summed E-state index contributed by atoms with van der Waals surface area (Å²) in [6, 6.07) is 7.39. The van der Waals surface area contributed by atoms with Gasteiger partial charge in [0.1, 0.15) is 0 Å². The summed E-state index contributed by atoms with van der Waals surface area (Å²) in [5.74, 6) is 0.350. The van der Waals surface area contributed by atoms with Gasteiger partial charge in [-0.25, -0.2) is 0 Å².